The molecule has 1 atom stereocenters. The minimum atomic E-state index is -0.327. The van der Waals surface area contributed by atoms with E-state index in [-0.39, 0.29) is 11.5 Å². The number of anilines is 1. The quantitative estimate of drug-likeness (QED) is 0.769. The maximum atomic E-state index is 9.84. The first kappa shape index (κ1) is 12.1. The summed E-state index contributed by atoms with van der Waals surface area (Å²) in [5, 5.41) is 9.84. The van der Waals surface area contributed by atoms with E-state index in [1.165, 1.54) is 5.57 Å². The molecule has 0 saturated heterocycles. The predicted octanol–water partition coefficient (Wildman–Crippen LogP) is 2.31. The van der Waals surface area contributed by atoms with Gasteiger partial charge in [-0.05, 0) is 36.3 Å². The zero-order valence-corrected chi connectivity index (χ0v) is 10.5. The number of pyridine rings is 1. The summed E-state index contributed by atoms with van der Waals surface area (Å²) in [6.45, 7) is 4.38. The first-order valence-electron chi connectivity index (χ1n) is 6.02. The molecule has 0 fully saturated rings. The summed E-state index contributed by atoms with van der Waals surface area (Å²) in [5.41, 5.74) is 9.16. The molecule has 1 aliphatic rings. The summed E-state index contributed by atoms with van der Waals surface area (Å²) in [6.07, 6.45) is 7.79. The van der Waals surface area contributed by atoms with Crippen LogP contribution in [0.4, 0.5) is 5.69 Å². The van der Waals surface area contributed by atoms with Crippen LogP contribution in [0.1, 0.15) is 32.3 Å². The van der Waals surface area contributed by atoms with E-state index in [1.807, 2.05) is 18.3 Å². The maximum Gasteiger partial charge on any atom is 0.0728 e. The van der Waals surface area contributed by atoms with Gasteiger partial charge in [0.2, 0.25) is 0 Å². The van der Waals surface area contributed by atoms with E-state index in [2.05, 4.69) is 18.8 Å². The first-order valence-corrected chi connectivity index (χ1v) is 6.02. The Hall–Kier alpha value is -1.35. The van der Waals surface area contributed by atoms with Crippen molar-refractivity contribution in [1.82, 2.24) is 4.98 Å². The Morgan fingerprint density at radius 2 is 2.29 bits per heavy atom. The summed E-state index contributed by atoms with van der Waals surface area (Å²) in [5.74, 6) is 0. The topological polar surface area (TPSA) is 59.1 Å². The fourth-order valence-corrected chi connectivity index (χ4v) is 2.59. The molecule has 3 nitrogen and oxygen atoms in total. The van der Waals surface area contributed by atoms with Gasteiger partial charge in [0, 0.05) is 18.1 Å². The number of nitrogens with zero attached hydrogens (tertiary/aromatic N) is 1. The summed E-state index contributed by atoms with van der Waals surface area (Å²) >= 11 is 0. The van der Waals surface area contributed by atoms with Gasteiger partial charge < -0.3 is 10.8 Å². The lowest BCUT2D eigenvalue weighted by atomic mass is 9.75. The van der Waals surface area contributed by atoms with Crippen LogP contribution in [-0.2, 0) is 6.42 Å². The van der Waals surface area contributed by atoms with E-state index in [9.17, 15) is 5.11 Å². The molecule has 92 valence electrons. The fourth-order valence-electron chi connectivity index (χ4n) is 2.59. The number of hydrogen-bond donors (Lipinski definition) is 2. The van der Waals surface area contributed by atoms with Crippen LogP contribution in [-0.4, -0.2) is 16.2 Å². The summed E-state index contributed by atoms with van der Waals surface area (Å²) in [7, 11) is 0. The molecule has 1 aromatic rings. The van der Waals surface area contributed by atoms with Crippen molar-refractivity contribution in [3.8, 4) is 0 Å². The van der Waals surface area contributed by atoms with E-state index >= 15 is 0 Å². The van der Waals surface area contributed by atoms with Crippen molar-refractivity contribution in [3.63, 3.8) is 0 Å². The van der Waals surface area contributed by atoms with Gasteiger partial charge in [-0.15, -0.1) is 0 Å². The largest absolute Gasteiger partial charge is 0.398 e. The first-order chi connectivity index (χ1) is 7.96. The maximum absolute atomic E-state index is 9.84. The molecule has 1 aliphatic carbocycles. The number of aliphatic hydroxyl groups excluding tert-OH is 1. The molecule has 17 heavy (non-hydrogen) atoms. The number of allylic oxidation sites excluding steroid dienone is 1. The van der Waals surface area contributed by atoms with Crippen LogP contribution in [0, 0.1) is 5.41 Å². The third-order valence-corrected chi connectivity index (χ3v) is 3.25. The zero-order valence-electron chi connectivity index (χ0n) is 10.5. The van der Waals surface area contributed by atoms with Crippen molar-refractivity contribution in [2.75, 3.05) is 5.73 Å². The number of nitrogen functional groups attached to an aromatic ring is 1. The highest BCUT2D eigenvalue weighted by Gasteiger charge is 2.27. The van der Waals surface area contributed by atoms with Crippen LogP contribution in [0.2, 0.25) is 0 Å². The lowest BCUT2D eigenvalue weighted by Crippen LogP contribution is -2.25. The molecule has 3 heteroatoms. The van der Waals surface area contributed by atoms with E-state index in [0.717, 1.165) is 30.5 Å². The molecule has 3 N–H and O–H groups in total. The van der Waals surface area contributed by atoms with Crippen LogP contribution in [0.3, 0.4) is 0 Å². The van der Waals surface area contributed by atoms with E-state index in [0.29, 0.717) is 0 Å². The Labute approximate surface area is 102 Å². The van der Waals surface area contributed by atoms with E-state index in [4.69, 9.17) is 5.73 Å². The van der Waals surface area contributed by atoms with Gasteiger partial charge in [-0.2, -0.15) is 0 Å². The molecule has 0 amide bonds. The van der Waals surface area contributed by atoms with Gasteiger partial charge >= 0.3 is 0 Å². The Balaban J connectivity index is 2.17. The molecule has 0 spiro atoms. The van der Waals surface area contributed by atoms with Gasteiger partial charge in [-0.1, -0.05) is 25.5 Å². The minimum Gasteiger partial charge on any atom is -0.398 e. The van der Waals surface area contributed by atoms with Gasteiger partial charge in [-0.3, -0.25) is 4.98 Å². The van der Waals surface area contributed by atoms with Crippen molar-refractivity contribution in [1.29, 1.82) is 0 Å². The molecule has 2 rings (SSSR count). The monoisotopic (exact) mass is 232 g/mol. The highest BCUT2D eigenvalue weighted by Crippen LogP contribution is 2.36. The van der Waals surface area contributed by atoms with Crippen molar-refractivity contribution in [2.24, 2.45) is 5.41 Å². The molecular formula is C14H20N2O. The van der Waals surface area contributed by atoms with Crippen LogP contribution >= 0.6 is 0 Å². The van der Waals surface area contributed by atoms with Crippen molar-refractivity contribution >= 4 is 5.69 Å². The summed E-state index contributed by atoms with van der Waals surface area (Å²) < 4.78 is 0. The summed E-state index contributed by atoms with van der Waals surface area (Å²) in [6, 6.07) is 1.82. The van der Waals surface area contributed by atoms with Gasteiger partial charge in [0.15, 0.2) is 0 Å². The number of aliphatic hydroxyl groups is 1. The zero-order chi connectivity index (χ0) is 12.5. The number of aromatic nitrogens is 1. The highest BCUT2D eigenvalue weighted by molar-refractivity contribution is 5.46. The lowest BCUT2D eigenvalue weighted by molar-refractivity contribution is 0.138. The van der Waals surface area contributed by atoms with Crippen molar-refractivity contribution in [3.05, 3.63) is 35.7 Å². The van der Waals surface area contributed by atoms with Crippen LogP contribution in [0.15, 0.2) is 30.1 Å². The van der Waals surface area contributed by atoms with Gasteiger partial charge in [0.25, 0.3) is 0 Å². The molecule has 0 saturated carbocycles. The standard InChI is InChI=1S/C14H20N2O/c1-14(2)7-10(6-12(17)8-14)5-11-9-16-4-3-13(11)15/h3-4,6,9,12,17H,5,7-8H2,1-2H3,(H2,15,16). The smallest absolute Gasteiger partial charge is 0.0728 e. The molecule has 1 unspecified atom stereocenters. The Morgan fingerprint density at radius 1 is 1.53 bits per heavy atom. The average molecular weight is 232 g/mol. The highest BCUT2D eigenvalue weighted by atomic mass is 16.3. The van der Waals surface area contributed by atoms with Crippen molar-refractivity contribution < 1.29 is 5.11 Å². The van der Waals surface area contributed by atoms with Gasteiger partial charge in [-0.25, -0.2) is 0 Å². The number of hydrogen-bond acceptors (Lipinski definition) is 3. The SMILES string of the molecule is CC1(C)CC(Cc2cnccc2N)=CC(O)C1. The van der Waals surface area contributed by atoms with Crippen LogP contribution < -0.4 is 5.73 Å². The van der Waals surface area contributed by atoms with Gasteiger partial charge in [0.05, 0.1) is 6.10 Å². The van der Waals surface area contributed by atoms with E-state index < -0.39 is 0 Å². The molecular weight excluding hydrogens is 212 g/mol. The molecule has 0 radical (unpaired) electrons. The molecule has 0 aliphatic heterocycles. The second-order valence-electron chi connectivity index (χ2n) is 5.69. The Kier molecular flexibility index (Phi) is 3.20. The summed E-state index contributed by atoms with van der Waals surface area (Å²) in [4.78, 5) is 4.10. The van der Waals surface area contributed by atoms with Crippen molar-refractivity contribution in [2.45, 2.75) is 39.2 Å². The average Bonchev–Trinajstić information content (AvgIpc) is 2.18. The number of nitrogens with two attached hydrogens (primary N) is 1. The number of rotatable bonds is 2. The van der Waals surface area contributed by atoms with Crippen LogP contribution in [0.25, 0.3) is 0 Å². The molecule has 1 aromatic heterocycles. The third kappa shape index (κ3) is 3.07. The second-order valence-corrected chi connectivity index (χ2v) is 5.69. The fraction of sp³-hybridized carbons (Fsp3) is 0.500. The molecule has 1 heterocycles. The third-order valence-electron chi connectivity index (χ3n) is 3.25. The van der Waals surface area contributed by atoms with E-state index in [1.54, 1.807) is 6.20 Å². The molecule has 0 aromatic carbocycles. The Bertz CT molecular complexity index is 438. The molecule has 0 bridgehead atoms. The Morgan fingerprint density at radius 3 is 2.94 bits per heavy atom. The lowest BCUT2D eigenvalue weighted by Gasteiger charge is -2.32. The normalized spacial score (nSPS) is 23.2. The van der Waals surface area contributed by atoms with Crippen LogP contribution in [0.5, 0.6) is 0 Å². The minimum absolute atomic E-state index is 0.167. The second kappa shape index (κ2) is 4.49. The van der Waals surface area contributed by atoms with Gasteiger partial charge in [0.1, 0.15) is 0 Å². The predicted molar refractivity (Wildman–Crippen MR) is 69.5 cm³/mol.